The highest BCUT2D eigenvalue weighted by Gasteiger charge is 2.05. The molecule has 4 nitrogen and oxygen atoms in total. The summed E-state index contributed by atoms with van der Waals surface area (Å²) in [5.74, 6) is 0.386. The lowest BCUT2D eigenvalue weighted by molar-refractivity contribution is 1.03. The van der Waals surface area contributed by atoms with Crippen LogP contribution in [0.1, 0.15) is 5.56 Å². The third-order valence-electron chi connectivity index (χ3n) is 2.55. The van der Waals surface area contributed by atoms with E-state index >= 15 is 0 Å². The van der Waals surface area contributed by atoms with Crippen molar-refractivity contribution in [3.8, 4) is 0 Å². The van der Waals surface area contributed by atoms with Gasteiger partial charge in [-0.25, -0.2) is 4.79 Å². The Bertz CT molecular complexity index is 729. The first kappa shape index (κ1) is 9.42. The quantitative estimate of drug-likeness (QED) is 0.653. The van der Waals surface area contributed by atoms with Gasteiger partial charge in [0.05, 0.1) is 11.0 Å². The number of nitrogens with zero attached hydrogens (tertiary/aromatic N) is 2. The molecule has 0 aliphatic carbocycles. The minimum atomic E-state index is -0.166. The molecule has 0 bridgehead atoms. The standard InChI is InChI=1S/C11H8ClN3O/c12-5-7-4-8-10(13-6-7)9-2-1-3-15(9)11(16)14-8/h1-4,6H,5H2,(H,14,16). The number of aromatic nitrogens is 3. The van der Waals surface area contributed by atoms with Gasteiger partial charge >= 0.3 is 5.69 Å². The monoisotopic (exact) mass is 233 g/mol. The van der Waals surface area contributed by atoms with Gasteiger partial charge in [-0.1, -0.05) is 0 Å². The molecule has 3 rings (SSSR count). The second-order valence-electron chi connectivity index (χ2n) is 3.57. The van der Waals surface area contributed by atoms with Crippen molar-refractivity contribution in [1.29, 1.82) is 0 Å². The van der Waals surface area contributed by atoms with Crippen LogP contribution in [-0.4, -0.2) is 14.4 Å². The lowest BCUT2D eigenvalue weighted by Gasteiger charge is -2.02. The molecular formula is C11H8ClN3O. The van der Waals surface area contributed by atoms with Gasteiger partial charge in [-0.2, -0.15) is 0 Å². The molecule has 0 unspecified atom stereocenters. The number of aromatic amines is 1. The van der Waals surface area contributed by atoms with Gasteiger partial charge in [0.15, 0.2) is 0 Å². The van der Waals surface area contributed by atoms with Crippen LogP contribution in [0, 0.1) is 0 Å². The first-order valence-corrected chi connectivity index (χ1v) is 5.37. The Morgan fingerprint density at radius 1 is 1.50 bits per heavy atom. The molecule has 0 saturated carbocycles. The minimum absolute atomic E-state index is 0.166. The van der Waals surface area contributed by atoms with Crippen molar-refractivity contribution in [3.63, 3.8) is 0 Å². The van der Waals surface area contributed by atoms with E-state index in [0.29, 0.717) is 11.4 Å². The minimum Gasteiger partial charge on any atom is -0.305 e. The van der Waals surface area contributed by atoms with E-state index in [2.05, 4.69) is 9.97 Å². The van der Waals surface area contributed by atoms with Crippen molar-refractivity contribution in [2.45, 2.75) is 5.88 Å². The Kier molecular flexibility index (Phi) is 1.97. The number of H-pyrrole nitrogens is 1. The summed E-state index contributed by atoms with van der Waals surface area (Å²) in [6.45, 7) is 0. The molecule has 0 atom stereocenters. The maximum absolute atomic E-state index is 11.7. The molecular weight excluding hydrogens is 226 g/mol. The summed E-state index contributed by atoms with van der Waals surface area (Å²) in [4.78, 5) is 18.8. The van der Waals surface area contributed by atoms with Crippen LogP contribution in [0.3, 0.4) is 0 Å². The molecule has 0 fully saturated rings. The van der Waals surface area contributed by atoms with Crippen LogP contribution in [0.4, 0.5) is 0 Å². The van der Waals surface area contributed by atoms with Crippen LogP contribution >= 0.6 is 11.6 Å². The lowest BCUT2D eigenvalue weighted by Crippen LogP contribution is -2.15. The molecule has 0 aliphatic heterocycles. The second kappa shape index (κ2) is 3.35. The first-order valence-electron chi connectivity index (χ1n) is 4.83. The number of nitrogens with one attached hydrogen (secondary N) is 1. The smallest absolute Gasteiger partial charge is 0.305 e. The predicted octanol–water partition coefficient (Wildman–Crippen LogP) is 1.91. The normalized spacial score (nSPS) is 11.3. The summed E-state index contributed by atoms with van der Waals surface area (Å²) in [6, 6.07) is 5.54. The van der Waals surface area contributed by atoms with E-state index in [4.69, 9.17) is 11.6 Å². The fraction of sp³-hybridized carbons (Fsp3) is 0.0909. The third-order valence-corrected chi connectivity index (χ3v) is 2.86. The molecule has 16 heavy (non-hydrogen) atoms. The number of hydrogen-bond donors (Lipinski definition) is 1. The maximum Gasteiger partial charge on any atom is 0.330 e. The Morgan fingerprint density at radius 2 is 2.38 bits per heavy atom. The molecule has 3 aromatic heterocycles. The molecule has 0 saturated heterocycles. The lowest BCUT2D eigenvalue weighted by atomic mass is 10.2. The number of hydrogen-bond acceptors (Lipinski definition) is 2. The fourth-order valence-corrected chi connectivity index (χ4v) is 1.95. The highest BCUT2D eigenvalue weighted by Crippen LogP contribution is 2.16. The molecule has 0 radical (unpaired) electrons. The van der Waals surface area contributed by atoms with E-state index in [1.807, 2.05) is 18.2 Å². The van der Waals surface area contributed by atoms with Gasteiger partial charge in [0.1, 0.15) is 5.52 Å². The molecule has 0 aromatic carbocycles. The summed E-state index contributed by atoms with van der Waals surface area (Å²) in [5, 5.41) is 0. The summed E-state index contributed by atoms with van der Waals surface area (Å²) < 4.78 is 1.54. The van der Waals surface area contributed by atoms with Crippen LogP contribution in [0.5, 0.6) is 0 Å². The van der Waals surface area contributed by atoms with Crippen molar-refractivity contribution in [2.24, 2.45) is 0 Å². The zero-order valence-corrected chi connectivity index (χ0v) is 9.03. The highest BCUT2D eigenvalue weighted by atomic mass is 35.5. The predicted molar refractivity (Wildman–Crippen MR) is 62.9 cm³/mol. The van der Waals surface area contributed by atoms with E-state index < -0.39 is 0 Å². The summed E-state index contributed by atoms with van der Waals surface area (Å²) in [6.07, 6.45) is 3.44. The molecule has 3 aromatic rings. The number of pyridine rings is 1. The fourth-order valence-electron chi connectivity index (χ4n) is 1.81. The second-order valence-corrected chi connectivity index (χ2v) is 3.83. The highest BCUT2D eigenvalue weighted by molar-refractivity contribution is 6.17. The average molecular weight is 234 g/mol. The van der Waals surface area contributed by atoms with Crippen LogP contribution in [-0.2, 0) is 5.88 Å². The van der Waals surface area contributed by atoms with E-state index in [1.54, 1.807) is 12.4 Å². The van der Waals surface area contributed by atoms with Crippen molar-refractivity contribution < 1.29 is 0 Å². The van der Waals surface area contributed by atoms with Gasteiger partial charge in [0, 0.05) is 18.3 Å². The van der Waals surface area contributed by atoms with Crippen LogP contribution in [0.25, 0.3) is 16.6 Å². The molecule has 0 aliphatic rings. The van der Waals surface area contributed by atoms with Gasteiger partial charge in [0.25, 0.3) is 0 Å². The van der Waals surface area contributed by atoms with E-state index in [1.165, 1.54) is 4.40 Å². The zero-order valence-electron chi connectivity index (χ0n) is 8.27. The molecule has 5 heteroatoms. The molecule has 1 N–H and O–H groups in total. The van der Waals surface area contributed by atoms with Gasteiger partial charge < -0.3 is 4.98 Å². The SMILES string of the molecule is O=c1[nH]c2cc(CCl)cnc2c2cccn12. The Hall–Kier alpha value is -1.81. The maximum atomic E-state index is 11.7. The van der Waals surface area contributed by atoms with Crippen LogP contribution in [0.2, 0.25) is 0 Å². The Balaban J connectivity index is 2.53. The van der Waals surface area contributed by atoms with Crippen LogP contribution in [0.15, 0.2) is 35.4 Å². The molecule has 3 heterocycles. The van der Waals surface area contributed by atoms with Crippen molar-refractivity contribution >= 4 is 28.2 Å². The third kappa shape index (κ3) is 1.23. The van der Waals surface area contributed by atoms with Gasteiger partial charge in [-0.05, 0) is 23.8 Å². The average Bonchev–Trinajstić information content (AvgIpc) is 2.78. The molecule has 80 valence electrons. The Labute approximate surface area is 95.5 Å². The zero-order chi connectivity index (χ0) is 11.1. The first-order chi connectivity index (χ1) is 7.79. The van der Waals surface area contributed by atoms with Gasteiger partial charge in [-0.15, -0.1) is 11.6 Å². The summed E-state index contributed by atoms with van der Waals surface area (Å²) >= 11 is 5.73. The van der Waals surface area contributed by atoms with E-state index in [0.717, 1.165) is 16.6 Å². The van der Waals surface area contributed by atoms with Crippen molar-refractivity contribution in [2.75, 3.05) is 0 Å². The number of halogens is 1. The number of rotatable bonds is 1. The summed E-state index contributed by atoms with van der Waals surface area (Å²) in [7, 11) is 0. The van der Waals surface area contributed by atoms with Gasteiger partial charge in [0.2, 0.25) is 0 Å². The molecule has 0 amide bonds. The molecule has 0 spiro atoms. The van der Waals surface area contributed by atoms with Crippen LogP contribution < -0.4 is 5.69 Å². The topological polar surface area (TPSA) is 50.2 Å². The van der Waals surface area contributed by atoms with E-state index in [-0.39, 0.29) is 5.69 Å². The van der Waals surface area contributed by atoms with Gasteiger partial charge in [-0.3, -0.25) is 9.38 Å². The summed E-state index contributed by atoms with van der Waals surface area (Å²) in [5.41, 5.74) is 3.02. The number of fused-ring (bicyclic) bond motifs is 3. The van der Waals surface area contributed by atoms with E-state index in [9.17, 15) is 4.79 Å². The van der Waals surface area contributed by atoms with Crippen molar-refractivity contribution in [1.82, 2.24) is 14.4 Å². The number of alkyl halides is 1. The largest absolute Gasteiger partial charge is 0.330 e. The Morgan fingerprint density at radius 3 is 3.19 bits per heavy atom. The van der Waals surface area contributed by atoms with Crippen molar-refractivity contribution in [3.05, 3.63) is 46.6 Å².